The third-order valence-electron chi connectivity index (χ3n) is 4.10. The van der Waals surface area contributed by atoms with E-state index in [1.54, 1.807) is 0 Å². The second kappa shape index (κ2) is 4.44. The number of benzene rings is 1. The topological polar surface area (TPSA) is 30.9 Å². The van der Waals surface area contributed by atoms with Crippen LogP contribution in [0, 0.1) is 5.92 Å². The lowest BCUT2D eigenvalue weighted by molar-refractivity contribution is 0.463. The summed E-state index contributed by atoms with van der Waals surface area (Å²) in [5, 5.41) is 1.19. The molecule has 0 atom stereocenters. The maximum atomic E-state index is 5.97. The van der Waals surface area contributed by atoms with Crippen molar-refractivity contribution in [3.05, 3.63) is 30.5 Å². The smallest absolute Gasteiger partial charge is 0.0501 e. The maximum absolute atomic E-state index is 5.97. The van der Waals surface area contributed by atoms with Crippen LogP contribution in [-0.2, 0) is 6.54 Å². The molecule has 17 heavy (non-hydrogen) atoms. The summed E-state index contributed by atoms with van der Waals surface area (Å²) >= 11 is 0. The fourth-order valence-corrected chi connectivity index (χ4v) is 3.06. The number of hydrogen-bond donors (Lipinski definition) is 1. The first-order valence-corrected chi connectivity index (χ1v) is 6.68. The number of nitrogens with zero attached hydrogens (tertiary/aromatic N) is 1. The van der Waals surface area contributed by atoms with E-state index in [0.717, 1.165) is 18.2 Å². The summed E-state index contributed by atoms with van der Waals surface area (Å²) in [5.74, 6) is 0.952. The lowest BCUT2D eigenvalue weighted by Gasteiger charge is -2.10. The van der Waals surface area contributed by atoms with E-state index < -0.39 is 0 Å². The molecule has 1 heterocycles. The molecule has 3 rings (SSSR count). The first kappa shape index (κ1) is 10.7. The molecule has 0 unspecified atom stereocenters. The van der Waals surface area contributed by atoms with Gasteiger partial charge in [-0.2, -0.15) is 0 Å². The van der Waals surface area contributed by atoms with Crippen LogP contribution in [0.25, 0.3) is 10.9 Å². The van der Waals surface area contributed by atoms with Crippen LogP contribution in [0.15, 0.2) is 30.5 Å². The van der Waals surface area contributed by atoms with Crippen molar-refractivity contribution in [1.82, 2.24) is 4.57 Å². The molecule has 0 amide bonds. The summed E-state index contributed by atoms with van der Waals surface area (Å²) in [7, 11) is 0. The van der Waals surface area contributed by atoms with E-state index in [-0.39, 0.29) is 0 Å². The van der Waals surface area contributed by atoms with Crippen LogP contribution < -0.4 is 5.73 Å². The van der Waals surface area contributed by atoms with E-state index in [4.69, 9.17) is 5.73 Å². The van der Waals surface area contributed by atoms with Crippen molar-refractivity contribution in [2.75, 3.05) is 5.73 Å². The molecule has 1 saturated carbocycles. The van der Waals surface area contributed by atoms with Gasteiger partial charge in [-0.05, 0) is 30.5 Å². The van der Waals surface area contributed by atoms with E-state index in [0.29, 0.717) is 0 Å². The molecule has 1 fully saturated rings. The molecule has 0 saturated heterocycles. The zero-order valence-corrected chi connectivity index (χ0v) is 10.2. The van der Waals surface area contributed by atoms with Gasteiger partial charge in [-0.1, -0.05) is 31.7 Å². The summed E-state index contributed by atoms with van der Waals surface area (Å²) in [6.45, 7) is 1.14. The molecule has 2 aromatic rings. The zero-order chi connectivity index (χ0) is 11.7. The first-order valence-electron chi connectivity index (χ1n) is 6.68. The van der Waals surface area contributed by atoms with Crippen molar-refractivity contribution in [2.45, 2.75) is 38.6 Å². The summed E-state index contributed by atoms with van der Waals surface area (Å²) in [4.78, 5) is 0. The Morgan fingerprint density at radius 3 is 2.82 bits per heavy atom. The molecule has 0 spiro atoms. The van der Waals surface area contributed by atoms with Crippen LogP contribution in [-0.4, -0.2) is 4.57 Å². The van der Waals surface area contributed by atoms with Crippen LogP contribution >= 0.6 is 0 Å². The van der Waals surface area contributed by atoms with Crippen molar-refractivity contribution >= 4 is 16.6 Å². The first-order chi connectivity index (χ1) is 8.34. The van der Waals surface area contributed by atoms with Crippen molar-refractivity contribution in [3.63, 3.8) is 0 Å². The summed E-state index contributed by atoms with van der Waals surface area (Å²) in [6.07, 6.45) is 9.23. The number of fused-ring (bicyclic) bond motifs is 1. The van der Waals surface area contributed by atoms with Crippen molar-refractivity contribution in [1.29, 1.82) is 0 Å². The van der Waals surface area contributed by atoms with E-state index in [1.807, 2.05) is 12.1 Å². The third-order valence-corrected chi connectivity index (χ3v) is 4.10. The largest absolute Gasteiger partial charge is 0.398 e. The standard InChI is InChI=1S/C15H20N2/c16-14-6-3-7-15-13(14)9-11-17(15)10-8-12-4-1-2-5-12/h3,6-7,9,11-12H,1-2,4-5,8,10,16H2. The molecule has 0 bridgehead atoms. The average molecular weight is 228 g/mol. The zero-order valence-electron chi connectivity index (χ0n) is 10.2. The molecule has 0 aliphatic heterocycles. The average Bonchev–Trinajstić information content (AvgIpc) is 2.95. The fourth-order valence-electron chi connectivity index (χ4n) is 3.06. The van der Waals surface area contributed by atoms with Crippen LogP contribution in [0.2, 0.25) is 0 Å². The van der Waals surface area contributed by atoms with Crippen molar-refractivity contribution in [3.8, 4) is 0 Å². The predicted octanol–water partition coefficient (Wildman–Crippen LogP) is 3.80. The minimum absolute atomic E-state index is 0.891. The predicted molar refractivity (Wildman–Crippen MR) is 72.9 cm³/mol. The van der Waals surface area contributed by atoms with Crippen molar-refractivity contribution < 1.29 is 0 Å². The van der Waals surface area contributed by atoms with Crippen LogP contribution in [0.4, 0.5) is 5.69 Å². The van der Waals surface area contributed by atoms with Gasteiger partial charge in [0.15, 0.2) is 0 Å². The number of nitrogen functional groups attached to an aromatic ring is 1. The lowest BCUT2D eigenvalue weighted by Crippen LogP contribution is -2.02. The van der Waals surface area contributed by atoms with Crippen LogP contribution in [0.1, 0.15) is 32.1 Å². The van der Waals surface area contributed by atoms with Gasteiger partial charge in [0.25, 0.3) is 0 Å². The number of rotatable bonds is 3. The minimum atomic E-state index is 0.891. The molecule has 1 aromatic carbocycles. The Labute approximate surface area is 102 Å². The van der Waals surface area contributed by atoms with Gasteiger partial charge in [-0.25, -0.2) is 0 Å². The highest BCUT2D eigenvalue weighted by atomic mass is 15.0. The second-order valence-corrected chi connectivity index (χ2v) is 5.23. The van der Waals surface area contributed by atoms with E-state index in [1.165, 1.54) is 43.0 Å². The molecule has 1 aromatic heterocycles. The number of hydrogen-bond acceptors (Lipinski definition) is 1. The van der Waals surface area contributed by atoms with Gasteiger partial charge in [0.1, 0.15) is 0 Å². The third kappa shape index (κ3) is 2.04. The maximum Gasteiger partial charge on any atom is 0.0501 e. The van der Waals surface area contributed by atoms with Crippen molar-refractivity contribution in [2.24, 2.45) is 5.92 Å². The normalized spacial score (nSPS) is 16.9. The molecule has 1 aliphatic carbocycles. The molecule has 2 nitrogen and oxygen atoms in total. The van der Waals surface area contributed by atoms with E-state index in [2.05, 4.69) is 22.9 Å². The number of aryl methyl sites for hydroxylation is 1. The van der Waals surface area contributed by atoms with Gasteiger partial charge >= 0.3 is 0 Å². The van der Waals surface area contributed by atoms with Gasteiger partial charge in [-0.3, -0.25) is 0 Å². The Morgan fingerprint density at radius 1 is 1.18 bits per heavy atom. The van der Waals surface area contributed by atoms with E-state index in [9.17, 15) is 0 Å². The summed E-state index contributed by atoms with van der Waals surface area (Å²) in [6, 6.07) is 8.33. The molecule has 2 heteroatoms. The Hall–Kier alpha value is -1.44. The SMILES string of the molecule is Nc1cccc2c1ccn2CCC1CCCC1. The van der Waals surface area contributed by atoms with Gasteiger partial charge in [0.05, 0.1) is 5.52 Å². The molecular formula is C15H20N2. The molecule has 1 aliphatic rings. The van der Waals surface area contributed by atoms with E-state index >= 15 is 0 Å². The number of nitrogens with two attached hydrogens (primary N) is 1. The van der Waals surface area contributed by atoms with Crippen LogP contribution in [0.5, 0.6) is 0 Å². The summed E-state index contributed by atoms with van der Waals surface area (Å²) in [5.41, 5.74) is 8.15. The highest BCUT2D eigenvalue weighted by molar-refractivity contribution is 5.91. The number of anilines is 1. The fraction of sp³-hybridized carbons (Fsp3) is 0.467. The Bertz CT molecular complexity index is 507. The highest BCUT2D eigenvalue weighted by Crippen LogP contribution is 2.29. The monoisotopic (exact) mass is 228 g/mol. The Morgan fingerprint density at radius 2 is 2.00 bits per heavy atom. The van der Waals surface area contributed by atoms with Gasteiger partial charge < -0.3 is 10.3 Å². The van der Waals surface area contributed by atoms with Gasteiger partial charge in [0.2, 0.25) is 0 Å². The lowest BCUT2D eigenvalue weighted by atomic mass is 10.0. The Balaban J connectivity index is 1.78. The Kier molecular flexibility index (Phi) is 2.79. The van der Waals surface area contributed by atoms with Crippen LogP contribution in [0.3, 0.4) is 0 Å². The second-order valence-electron chi connectivity index (χ2n) is 5.23. The highest BCUT2D eigenvalue weighted by Gasteiger charge is 2.14. The molecule has 90 valence electrons. The molecule has 2 N–H and O–H groups in total. The quantitative estimate of drug-likeness (QED) is 0.796. The van der Waals surface area contributed by atoms with Gasteiger partial charge in [-0.15, -0.1) is 0 Å². The van der Waals surface area contributed by atoms with Gasteiger partial charge in [0, 0.05) is 23.8 Å². The summed E-state index contributed by atoms with van der Waals surface area (Å²) < 4.78 is 2.35. The molecular weight excluding hydrogens is 208 g/mol. The number of aromatic nitrogens is 1. The minimum Gasteiger partial charge on any atom is -0.398 e. The molecule has 0 radical (unpaired) electrons.